The van der Waals surface area contributed by atoms with Crippen LogP contribution in [0.3, 0.4) is 0 Å². The summed E-state index contributed by atoms with van der Waals surface area (Å²) in [5.74, 6) is -0.948. The molecule has 2 aromatic rings. The van der Waals surface area contributed by atoms with E-state index in [1.807, 2.05) is 18.7 Å². The zero-order valence-corrected chi connectivity index (χ0v) is 17.1. The number of carbonyl (C=O) groups excluding carboxylic acids is 2. The van der Waals surface area contributed by atoms with E-state index in [0.29, 0.717) is 17.1 Å². The number of amides is 2. The van der Waals surface area contributed by atoms with Crippen molar-refractivity contribution in [3.05, 3.63) is 51.7 Å². The van der Waals surface area contributed by atoms with E-state index in [-0.39, 0.29) is 24.3 Å². The van der Waals surface area contributed by atoms with E-state index in [1.54, 1.807) is 12.1 Å². The molecule has 0 spiro atoms. The molecule has 150 valence electrons. The van der Waals surface area contributed by atoms with Gasteiger partial charge in [0.15, 0.2) is 0 Å². The third-order valence-electron chi connectivity index (χ3n) is 5.32. The van der Waals surface area contributed by atoms with Crippen LogP contribution in [0.15, 0.2) is 24.3 Å². The number of nitrogens with two attached hydrogens (primary N) is 1. The van der Waals surface area contributed by atoms with E-state index in [9.17, 15) is 14.0 Å². The monoisotopic (exact) mass is 403 g/mol. The lowest BCUT2D eigenvalue weighted by molar-refractivity contribution is -0.117. The van der Waals surface area contributed by atoms with Gasteiger partial charge in [-0.1, -0.05) is 19.1 Å². The van der Waals surface area contributed by atoms with Crippen LogP contribution in [0.2, 0.25) is 0 Å². The number of hydrogen-bond acceptors (Lipinski definition) is 4. The van der Waals surface area contributed by atoms with Crippen molar-refractivity contribution in [2.45, 2.75) is 45.6 Å². The number of rotatable bonds is 7. The Balaban J connectivity index is 1.73. The second-order valence-corrected chi connectivity index (χ2v) is 8.22. The van der Waals surface area contributed by atoms with E-state index in [2.05, 4.69) is 5.32 Å². The van der Waals surface area contributed by atoms with Crippen LogP contribution in [0.1, 0.15) is 59.1 Å². The smallest absolute Gasteiger partial charge is 0.251 e. The average molecular weight is 404 g/mol. The molecule has 5 nitrogen and oxygen atoms in total. The molecule has 1 aliphatic rings. The topological polar surface area (TPSA) is 75.4 Å². The Kier molecular flexibility index (Phi) is 6.46. The van der Waals surface area contributed by atoms with Crippen LogP contribution in [0.4, 0.5) is 9.39 Å². The zero-order chi connectivity index (χ0) is 20.3. The van der Waals surface area contributed by atoms with Gasteiger partial charge in [-0.25, -0.2) is 4.39 Å². The molecule has 3 N–H and O–H groups in total. The normalized spacial score (nSPS) is 14.6. The van der Waals surface area contributed by atoms with Gasteiger partial charge in [0.25, 0.3) is 5.91 Å². The molecular formula is C21H26FN3O2S. The van der Waals surface area contributed by atoms with Gasteiger partial charge in [-0.05, 0) is 62.4 Å². The van der Waals surface area contributed by atoms with Crippen LogP contribution in [0.5, 0.6) is 0 Å². The number of nitrogens with one attached hydrogen (secondary N) is 1. The van der Waals surface area contributed by atoms with Crippen LogP contribution in [-0.2, 0) is 17.6 Å². The zero-order valence-electron chi connectivity index (χ0n) is 16.3. The molecule has 1 atom stereocenters. The van der Waals surface area contributed by atoms with Crippen LogP contribution in [-0.4, -0.2) is 29.8 Å². The number of carbonyl (C=O) groups is 2. The number of anilines is 1. The summed E-state index contributed by atoms with van der Waals surface area (Å²) in [5.41, 5.74) is 8.02. The third kappa shape index (κ3) is 4.42. The molecule has 1 unspecified atom stereocenters. The molecule has 1 heterocycles. The maximum absolute atomic E-state index is 13.2. The van der Waals surface area contributed by atoms with E-state index in [1.165, 1.54) is 23.5 Å². The van der Waals surface area contributed by atoms with E-state index < -0.39 is 5.91 Å². The van der Waals surface area contributed by atoms with Gasteiger partial charge in [0.2, 0.25) is 5.91 Å². The molecule has 1 aliphatic carbocycles. The van der Waals surface area contributed by atoms with Crippen LogP contribution in [0, 0.1) is 5.82 Å². The number of fused-ring (bicyclic) bond motifs is 1. The third-order valence-corrected chi connectivity index (χ3v) is 6.53. The fourth-order valence-corrected chi connectivity index (χ4v) is 5.05. The Morgan fingerprint density at radius 3 is 2.57 bits per heavy atom. The van der Waals surface area contributed by atoms with Gasteiger partial charge in [-0.2, -0.15) is 0 Å². The SMILES string of the molecule is CCN(CC(=O)Nc1sc2c(c1C(N)=O)CCCC2)C(C)c1ccc(F)cc1. The molecule has 1 aromatic heterocycles. The molecule has 1 aromatic carbocycles. The molecule has 0 bridgehead atoms. The summed E-state index contributed by atoms with van der Waals surface area (Å²) in [5, 5.41) is 3.47. The van der Waals surface area contributed by atoms with E-state index in [0.717, 1.165) is 41.7 Å². The fourth-order valence-electron chi connectivity index (χ4n) is 3.74. The van der Waals surface area contributed by atoms with Crippen LogP contribution < -0.4 is 11.1 Å². The van der Waals surface area contributed by atoms with E-state index in [4.69, 9.17) is 5.73 Å². The summed E-state index contributed by atoms with van der Waals surface area (Å²) in [6.07, 6.45) is 3.90. The van der Waals surface area contributed by atoms with Crippen molar-refractivity contribution in [2.75, 3.05) is 18.4 Å². The first-order valence-electron chi connectivity index (χ1n) is 9.64. The number of aryl methyl sites for hydroxylation is 1. The molecule has 7 heteroatoms. The van der Waals surface area contributed by atoms with Gasteiger partial charge in [0, 0.05) is 10.9 Å². The summed E-state index contributed by atoms with van der Waals surface area (Å²) >= 11 is 1.47. The first-order chi connectivity index (χ1) is 13.4. The molecule has 0 radical (unpaired) electrons. The van der Waals surface area contributed by atoms with Gasteiger partial charge < -0.3 is 11.1 Å². The number of likely N-dealkylation sites (N-methyl/N-ethyl adjacent to an activating group) is 1. The van der Waals surface area contributed by atoms with Gasteiger partial charge in [-0.3, -0.25) is 14.5 Å². The number of nitrogens with zero attached hydrogens (tertiary/aromatic N) is 1. The fraction of sp³-hybridized carbons (Fsp3) is 0.429. The van der Waals surface area contributed by atoms with Crippen LogP contribution >= 0.6 is 11.3 Å². The summed E-state index contributed by atoms with van der Waals surface area (Å²) in [4.78, 5) is 27.8. The highest BCUT2D eigenvalue weighted by molar-refractivity contribution is 7.17. The van der Waals surface area contributed by atoms with Crippen molar-refractivity contribution >= 4 is 28.2 Å². The van der Waals surface area contributed by atoms with Crippen molar-refractivity contribution in [1.82, 2.24) is 4.90 Å². The number of benzene rings is 1. The number of primary amides is 1. The second kappa shape index (κ2) is 8.84. The largest absolute Gasteiger partial charge is 0.365 e. The first kappa shape index (κ1) is 20.5. The van der Waals surface area contributed by atoms with Crippen molar-refractivity contribution in [1.29, 1.82) is 0 Å². The van der Waals surface area contributed by atoms with Crippen molar-refractivity contribution in [3.8, 4) is 0 Å². The molecular weight excluding hydrogens is 377 g/mol. The van der Waals surface area contributed by atoms with Gasteiger partial charge in [0.05, 0.1) is 12.1 Å². The maximum atomic E-state index is 13.2. The standard InChI is InChI=1S/C21H26FN3O2S/c1-3-25(13(2)14-8-10-15(22)11-9-14)12-18(26)24-21-19(20(23)27)16-6-4-5-7-17(16)28-21/h8-11,13H,3-7,12H2,1-2H3,(H2,23,27)(H,24,26). The molecule has 0 saturated heterocycles. The maximum Gasteiger partial charge on any atom is 0.251 e. The van der Waals surface area contributed by atoms with Crippen LogP contribution in [0.25, 0.3) is 0 Å². The van der Waals surface area contributed by atoms with Gasteiger partial charge >= 0.3 is 0 Å². The van der Waals surface area contributed by atoms with Crippen molar-refractivity contribution in [3.63, 3.8) is 0 Å². The Hall–Kier alpha value is -2.25. The molecule has 2 amide bonds. The van der Waals surface area contributed by atoms with Gasteiger partial charge in [0.1, 0.15) is 10.8 Å². The first-order valence-corrected chi connectivity index (χ1v) is 10.5. The number of thiophene rings is 1. The lowest BCUT2D eigenvalue weighted by atomic mass is 9.95. The second-order valence-electron chi connectivity index (χ2n) is 7.12. The average Bonchev–Trinajstić information content (AvgIpc) is 3.04. The molecule has 0 saturated carbocycles. The Labute approximate surface area is 168 Å². The Bertz CT molecular complexity index is 863. The highest BCUT2D eigenvalue weighted by Gasteiger charge is 2.26. The molecule has 0 fully saturated rings. The van der Waals surface area contributed by atoms with Gasteiger partial charge in [-0.15, -0.1) is 11.3 Å². The lowest BCUT2D eigenvalue weighted by Crippen LogP contribution is -2.35. The predicted octanol–water partition coefficient (Wildman–Crippen LogP) is 3.89. The Morgan fingerprint density at radius 1 is 1.25 bits per heavy atom. The summed E-state index contributed by atoms with van der Waals surface area (Å²) in [7, 11) is 0. The summed E-state index contributed by atoms with van der Waals surface area (Å²) < 4.78 is 13.2. The minimum atomic E-state index is -0.485. The highest BCUT2D eigenvalue weighted by Crippen LogP contribution is 2.37. The highest BCUT2D eigenvalue weighted by atomic mass is 32.1. The molecule has 28 heavy (non-hydrogen) atoms. The minimum Gasteiger partial charge on any atom is -0.365 e. The molecule has 0 aliphatic heterocycles. The predicted molar refractivity (Wildman–Crippen MR) is 110 cm³/mol. The quantitative estimate of drug-likeness (QED) is 0.736. The minimum absolute atomic E-state index is 0.0384. The van der Waals surface area contributed by atoms with E-state index >= 15 is 0 Å². The lowest BCUT2D eigenvalue weighted by Gasteiger charge is -2.27. The number of halogens is 1. The Morgan fingerprint density at radius 2 is 1.93 bits per heavy atom. The van der Waals surface area contributed by atoms with Crippen molar-refractivity contribution in [2.24, 2.45) is 5.73 Å². The summed E-state index contributed by atoms with van der Waals surface area (Å²) in [6, 6.07) is 6.28. The molecule has 3 rings (SSSR count). The summed E-state index contributed by atoms with van der Waals surface area (Å²) in [6.45, 7) is 4.81. The number of hydrogen-bond donors (Lipinski definition) is 2. The van der Waals surface area contributed by atoms with Crippen molar-refractivity contribution < 1.29 is 14.0 Å².